The number of hydrogen-bond acceptors (Lipinski definition) is 3. The maximum Gasteiger partial charge on any atom is 0.255 e. The first-order valence-corrected chi connectivity index (χ1v) is 8.43. The van der Waals surface area contributed by atoms with Gasteiger partial charge in [0.2, 0.25) is 5.91 Å². The molecule has 1 fully saturated rings. The molecule has 2 amide bonds. The average Bonchev–Trinajstić information content (AvgIpc) is 2.54. The van der Waals surface area contributed by atoms with Crippen LogP contribution in [0.15, 0.2) is 18.2 Å². The van der Waals surface area contributed by atoms with Gasteiger partial charge in [0.25, 0.3) is 5.91 Å². The third kappa shape index (κ3) is 4.85. The number of halogens is 2. The summed E-state index contributed by atoms with van der Waals surface area (Å²) in [6, 6.07) is 5.23. The van der Waals surface area contributed by atoms with E-state index < -0.39 is 0 Å². The Bertz CT molecular complexity index is 595. The summed E-state index contributed by atoms with van der Waals surface area (Å²) in [5, 5.41) is 3.11. The van der Waals surface area contributed by atoms with Crippen LogP contribution in [-0.2, 0) is 4.79 Å². The fourth-order valence-electron chi connectivity index (χ4n) is 2.69. The summed E-state index contributed by atoms with van der Waals surface area (Å²) in [6.45, 7) is 4.87. The highest BCUT2D eigenvalue weighted by atomic mass is 35.5. The molecule has 1 heterocycles. The van der Waals surface area contributed by atoms with Gasteiger partial charge in [0.15, 0.2) is 0 Å². The van der Waals surface area contributed by atoms with Gasteiger partial charge in [0, 0.05) is 30.7 Å². The predicted octanol–water partition coefficient (Wildman–Crippen LogP) is 3.31. The van der Waals surface area contributed by atoms with Crippen molar-refractivity contribution in [1.82, 2.24) is 4.90 Å². The first kappa shape index (κ1) is 20.7. The number of nitrogens with one attached hydrogen (secondary N) is 1. The number of anilines is 1. The van der Waals surface area contributed by atoms with Crippen molar-refractivity contribution >= 4 is 41.5 Å². The summed E-state index contributed by atoms with van der Waals surface area (Å²) in [5.41, 5.74) is 6.53. The molecule has 5 nitrogen and oxygen atoms in total. The van der Waals surface area contributed by atoms with Crippen molar-refractivity contribution in [2.24, 2.45) is 11.7 Å². The lowest BCUT2D eigenvalue weighted by molar-refractivity contribution is -0.119. The van der Waals surface area contributed by atoms with Crippen molar-refractivity contribution in [2.75, 3.05) is 18.4 Å². The molecule has 7 heteroatoms. The van der Waals surface area contributed by atoms with E-state index in [1.807, 2.05) is 4.90 Å². The Hall–Kier alpha value is -1.30. The fourth-order valence-corrected chi connectivity index (χ4v) is 2.95. The molecule has 0 bridgehead atoms. The third-order valence-electron chi connectivity index (χ3n) is 4.33. The Labute approximate surface area is 154 Å². The van der Waals surface area contributed by atoms with Gasteiger partial charge in [-0.15, -0.1) is 12.4 Å². The lowest BCUT2D eigenvalue weighted by Gasteiger charge is -2.33. The second-order valence-electron chi connectivity index (χ2n) is 6.16. The zero-order valence-electron chi connectivity index (χ0n) is 14.0. The monoisotopic (exact) mass is 373 g/mol. The molecule has 0 aromatic heterocycles. The van der Waals surface area contributed by atoms with Crippen LogP contribution in [-0.4, -0.2) is 35.8 Å². The molecular formula is C17H25Cl2N3O2. The quantitative estimate of drug-likeness (QED) is 0.849. The molecule has 0 aliphatic carbocycles. The van der Waals surface area contributed by atoms with Crippen molar-refractivity contribution in [1.29, 1.82) is 0 Å². The number of nitrogens with zero attached hydrogens (tertiary/aromatic N) is 1. The molecule has 1 saturated heterocycles. The van der Waals surface area contributed by atoms with Crippen LogP contribution in [0.3, 0.4) is 0 Å². The summed E-state index contributed by atoms with van der Waals surface area (Å²) in [6.07, 6.45) is 3.20. The molecule has 0 saturated carbocycles. The summed E-state index contributed by atoms with van der Waals surface area (Å²) in [4.78, 5) is 26.4. The number of piperidine rings is 1. The SMILES string of the molecule is CC(CN)C(=O)Nc1ccc(C(=O)N2CCCCC2C)c(Cl)c1.Cl. The number of carbonyl (C=O) groups excluding carboxylic acids is 2. The minimum absolute atomic E-state index is 0. The highest BCUT2D eigenvalue weighted by Gasteiger charge is 2.25. The van der Waals surface area contributed by atoms with Gasteiger partial charge < -0.3 is 16.0 Å². The lowest BCUT2D eigenvalue weighted by atomic mass is 10.0. The molecule has 2 unspecified atom stereocenters. The minimum Gasteiger partial charge on any atom is -0.336 e. The second-order valence-corrected chi connectivity index (χ2v) is 6.57. The van der Waals surface area contributed by atoms with Crippen molar-refractivity contribution in [3.63, 3.8) is 0 Å². The van der Waals surface area contributed by atoms with Gasteiger partial charge in [0.05, 0.1) is 10.6 Å². The zero-order valence-corrected chi connectivity index (χ0v) is 15.6. The maximum atomic E-state index is 12.7. The fraction of sp³-hybridized carbons (Fsp3) is 0.529. The van der Waals surface area contributed by atoms with Gasteiger partial charge in [-0.05, 0) is 44.4 Å². The largest absolute Gasteiger partial charge is 0.336 e. The van der Waals surface area contributed by atoms with Crippen LogP contribution < -0.4 is 11.1 Å². The van der Waals surface area contributed by atoms with Crippen LogP contribution in [0, 0.1) is 5.92 Å². The number of nitrogens with two attached hydrogens (primary N) is 1. The van der Waals surface area contributed by atoms with E-state index in [1.165, 1.54) is 0 Å². The molecule has 1 aliphatic heterocycles. The van der Waals surface area contributed by atoms with E-state index in [4.69, 9.17) is 17.3 Å². The van der Waals surface area contributed by atoms with Crippen LogP contribution in [0.1, 0.15) is 43.5 Å². The van der Waals surface area contributed by atoms with Gasteiger partial charge in [-0.25, -0.2) is 0 Å². The van der Waals surface area contributed by atoms with Crippen LogP contribution >= 0.6 is 24.0 Å². The smallest absolute Gasteiger partial charge is 0.255 e. The summed E-state index contributed by atoms with van der Waals surface area (Å²) in [7, 11) is 0. The number of rotatable bonds is 4. The normalized spacial score (nSPS) is 18.5. The van der Waals surface area contributed by atoms with Crippen LogP contribution in [0.5, 0.6) is 0 Å². The van der Waals surface area contributed by atoms with Crippen LogP contribution in [0.4, 0.5) is 5.69 Å². The molecule has 2 rings (SSSR count). The molecule has 134 valence electrons. The van der Waals surface area contributed by atoms with Gasteiger partial charge in [-0.3, -0.25) is 9.59 Å². The maximum absolute atomic E-state index is 12.7. The molecule has 0 spiro atoms. The predicted molar refractivity (Wildman–Crippen MR) is 99.9 cm³/mol. The van der Waals surface area contributed by atoms with E-state index in [0.717, 1.165) is 25.8 Å². The van der Waals surface area contributed by atoms with E-state index in [2.05, 4.69) is 12.2 Å². The molecule has 24 heavy (non-hydrogen) atoms. The number of likely N-dealkylation sites (tertiary alicyclic amines) is 1. The standard InChI is InChI=1S/C17H24ClN3O2.ClH/c1-11(10-19)16(22)20-13-6-7-14(15(18)9-13)17(23)21-8-4-3-5-12(21)2;/h6-7,9,11-12H,3-5,8,10,19H2,1-2H3,(H,20,22);1H. The number of amides is 2. The Balaban J connectivity index is 0.00000288. The van der Waals surface area contributed by atoms with Gasteiger partial charge >= 0.3 is 0 Å². The van der Waals surface area contributed by atoms with E-state index in [1.54, 1.807) is 25.1 Å². The van der Waals surface area contributed by atoms with E-state index in [-0.39, 0.29) is 42.7 Å². The van der Waals surface area contributed by atoms with Crippen LogP contribution in [0.2, 0.25) is 5.02 Å². The molecule has 1 aromatic carbocycles. The number of hydrogen-bond donors (Lipinski definition) is 2. The molecular weight excluding hydrogens is 349 g/mol. The minimum atomic E-state index is -0.274. The summed E-state index contributed by atoms with van der Waals surface area (Å²) in [5.74, 6) is -0.480. The van der Waals surface area contributed by atoms with Crippen LogP contribution in [0.25, 0.3) is 0 Å². The lowest BCUT2D eigenvalue weighted by Crippen LogP contribution is -2.42. The van der Waals surface area contributed by atoms with Gasteiger partial charge in [-0.2, -0.15) is 0 Å². The molecule has 1 aromatic rings. The number of benzene rings is 1. The molecule has 0 radical (unpaired) electrons. The third-order valence-corrected chi connectivity index (χ3v) is 4.64. The van der Waals surface area contributed by atoms with E-state index >= 15 is 0 Å². The average molecular weight is 374 g/mol. The molecule has 1 aliphatic rings. The van der Waals surface area contributed by atoms with Crippen molar-refractivity contribution in [3.8, 4) is 0 Å². The zero-order chi connectivity index (χ0) is 17.0. The van der Waals surface area contributed by atoms with Gasteiger partial charge in [0.1, 0.15) is 0 Å². The molecule has 2 atom stereocenters. The van der Waals surface area contributed by atoms with Crippen molar-refractivity contribution in [2.45, 2.75) is 39.2 Å². The Morgan fingerprint density at radius 1 is 1.42 bits per heavy atom. The Morgan fingerprint density at radius 2 is 2.12 bits per heavy atom. The topological polar surface area (TPSA) is 75.4 Å². The molecule has 3 N–H and O–H groups in total. The number of carbonyl (C=O) groups is 2. The van der Waals surface area contributed by atoms with E-state index in [9.17, 15) is 9.59 Å². The van der Waals surface area contributed by atoms with E-state index in [0.29, 0.717) is 16.3 Å². The first-order valence-electron chi connectivity index (χ1n) is 8.05. The second kappa shape index (κ2) is 9.25. The highest BCUT2D eigenvalue weighted by molar-refractivity contribution is 6.34. The Kier molecular flexibility index (Phi) is 8.00. The van der Waals surface area contributed by atoms with Gasteiger partial charge in [-0.1, -0.05) is 18.5 Å². The Morgan fingerprint density at radius 3 is 2.71 bits per heavy atom. The summed E-state index contributed by atoms with van der Waals surface area (Å²) < 4.78 is 0. The summed E-state index contributed by atoms with van der Waals surface area (Å²) >= 11 is 6.26. The first-order chi connectivity index (χ1) is 10.9. The van der Waals surface area contributed by atoms with Crippen molar-refractivity contribution < 1.29 is 9.59 Å². The highest BCUT2D eigenvalue weighted by Crippen LogP contribution is 2.26. The van der Waals surface area contributed by atoms with Crippen molar-refractivity contribution in [3.05, 3.63) is 28.8 Å².